The number of ether oxygens (including phenoxy) is 6. The van der Waals surface area contributed by atoms with Crippen LogP contribution in [0.3, 0.4) is 0 Å². The van der Waals surface area contributed by atoms with E-state index in [4.69, 9.17) is 28.4 Å². The summed E-state index contributed by atoms with van der Waals surface area (Å²) in [5.41, 5.74) is 0.665. The van der Waals surface area contributed by atoms with E-state index in [1.807, 2.05) is 0 Å². The van der Waals surface area contributed by atoms with Crippen LogP contribution in [0, 0.1) is 0 Å². The molecule has 0 saturated heterocycles. The highest BCUT2D eigenvalue weighted by atomic mass is 16.5. The fraction of sp³-hybridized carbons (Fsp3) is 0.762. The Bertz CT molecular complexity index is 1520. The van der Waals surface area contributed by atoms with E-state index in [-0.39, 0.29) is 0 Å². The molecule has 0 aliphatic carbocycles. The summed E-state index contributed by atoms with van der Waals surface area (Å²) in [7, 11) is 0. The Hall–Kier alpha value is -3.55. The second-order valence-electron chi connectivity index (χ2n) is 20.2. The van der Waals surface area contributed by atoms with Gasteiger partial charge in [-0.2, -0.15) is 0 Å². The summed E-state index contributed by atoms with van der Waals surface area (Å²) in [5, 5.41) is 14.4. The number of carbonyl (C=O) groups excluding carboxylic acids is 1. The van der Waals surface area contributed by atoms with Crippen LogP contribution in [0.1, 0.15) is 289 Å². The number of rotatable bonds is 51. The molecule has 0 unspecified atom stereocenters. The van der Waals surface area contributed by atoms with Crippen molar-refractivity contribution in [3.63, 3.8) is 0 Å². The van der Waals surface area contributed by atoms with Crippen molar-refractivity contribution in [2.24, 2.45) is 0 Å². The van der Waals surface area contributed by atoms with Gasteiger partial charge in [-0.05, 0) is 74.4 Å². The van der Waals surface area contributed by atoms with E-state index in [1.54, 1.807) is 24.3 Å². The Kier molecular flexibility index (Phi) is 40.4. The standard InChI is InChI=1S/C63H108O8/c1-7-13-19-25-31-37-43-66-58-49-54(50-59(67-44-38-32-26-20-14-8-2)62(58)70-47-41-35-29-23-17-11-5)56(64)53-57(65)55-51-60(68-45-39-33-27-21-15-9-3)63(71-48-42-36-30-24-18-12-6)61(52-55)69-46-40-34-28-22-16-10-4/h49-53,64H,7-48H2,1-6H3/p-1/b56-53-. The summed E-state index contributed by atoms with van der Waals surface area (Å²) in [4.78, 5) is 14.4. The molecule has 2 rings (SSSR count). The first-order valence-electron chi connectivity index (χ1n) is 30.0. The van der Waals surface area contributed by atoms with Crippen LogP contribution in [0.4, 0.5) is 0 Å². The summed E-state index contributed by atoms with van der Waals surface area (Å²) in [6.07, 6.45) is 42.4. The molecule has 408 valence electrons. The first-order chi connectivity index (χ1) is 34.9. The molecule has 0 bridgehead atoms. The Balaban J connectivity index is 2.57. The molecule has 0 aliphatic heterocycles. The van der Waals surface area contributed by atoms with Crippen LogP contribution >= 0.6 is 0 Å². The van der Waals surface area contributed by atoms with E-state index in [0.717, 1.165) is 77.0 Å². The van der Waals surface area contributed by atoms with Crippen molar-refractivity contribution < 1.29 is 38.3 Å². The molecule has 0 fully saturated rings. The van der Waals surface area contributed by atoms with Gasteiger partial charge in [-0.1, -0.05) is 240 Å². The van der Waals surface area contributed by atoms with E-state index in [2.05, 4.69) is 41.5 Å². The lowest BCUT2D eigenvalue weighted by Crippen LogP contribution is -2.11. The minimum absolute atomic E-state index is 0.333. The monoisotopic (exact) mass is 992 g/mol. The lowest BCUT2D eigenvalue weighted by molar-refractivity contribution is -0.243. The Morgan fingerprint density at radius 2 is 0.535 bits per heavy atom. The average molecular weight is 993 g/mol. The second-order valence-corrected chi connectivity index (χ2v) is 20.2. The molecule has 8 heteroatoms. The fourth-order valence-corrected chi connectivity index (χ4v) is 8.81. The molecule has 0 spiro atoms. The van der Waals surface area contributed by atoms with E-state index < -0.39 is 11.5 Å². The van der Waals surface area contributed by atoms with Gasteiger partial charge in [0.1, 0.15) is 0 Å². The SMILES string of the molecule is CCCCCCCCOc1cc(C(=O)/C=C(\[O-])c2cc(OCCCCCCCC)c(OCCCCCCCC)c(OCCCCCCCC)c2)cc(OCCCCCCCC)c1OCCCCCCCC. The predicted molar refractivity (Wildman–Crippen MR) is 298 cm³/mol. The summed E-state index contributed by atoms with van der Waals surface area (Å²) in [5.74, 6) is 2.25. The van der Waals surface area contributed by atoms with Gasteiger partial charge in [0.2, 0.25) is 11.5 Å². The van der Waals surface area contributed by atoms with Crippen molar-refractivity contribution >= 4 is 11.5 Å². The van der Waals surface area contributed by atoms with Gasteiger partial charge in [0.05, 0.1) is 39.6 Å². The van der Waals surface area contributed by atoms with Crippen molar-refractivity contribution in [2.75, 3.05) is 39.6 Å². The second kappa shape index (κ2) is 45.1. The Labute approximate surface area is 436 Å². The van der Waals surface area contributed by atoms with Gasteiger partial charge in [0.15, 0.2) is 28.8 Å². The average Bonchev–Trinajstić information content (AvgIpc) is 3.37. The number of carbonyl (C=O) groups is 1. The van der Waals surface area contributed by atoms with E-state index in [0.29, 0.717) is 85.3 Å². The minimum Gasteiger partial charge on any atom is -0.872 e. The van der Waals surface area contributed by atoms with Crippen LogP contribution in [0.5, 0.6) is 34.5 Å². The fourth-order valence-electron chi connectivity index (χ4n) is 8.81. The highest BCUT2D eigenvalue weighted by molar-refractivity contribution is 6.08. The van der Waals surface area contributed by atoms with Crippen LogP contribution in [0.15, 0.2) is 30.3 Å². The molecule has 0 amide bonds. The van der Waals surface area contributed by atoms with Crippen LogP contribution in [-0.2, 0) is 0 Å². The van der Waals surface area contributed by atoms with Crippen LogP contribution in [-0.4, -0.2) is 45.4 Å². The third kappa shape index (κ3) is 30.9. The number of benzene rings is 2. The van der Waals surface area contributed by atoms with E-state index >= 15 is 0 Å². The van der Waals surface area contributed by atoms with Gasteiger partial charge < -0.3 is 33.5 Å². The first kappa shape index (κ1) is 63.6. The highest BCUT2D eigenvalue weighted by Crippen LogP contribution is 2.42. The molecule has 0 aliphatic rings. The maximum absolute atomic E-state index is 14.4. The van der Waals surface area contributed by atoms with Gasteiger partial charge in [-0.3, -0.25) is 4.79 Å². The van der Waals surface area contributed by atoms with Crippen LogP contribution in [0.2, 0.25) is 0 Å². The zero-order valence-corrected chi connectivity index (χ0v) is 46.9. The molecule has 0 radical (unpaired) electrons. The van der Waals surface area contributed by atoms with Gasteiger partial charge >= 0.3 is 0 Å². The third-order valence-electron chi connectivity index (χ3n) is 13.4. The quantitative estimate of drug-likeness (QED) is 0.0280. The molecule has 0 heterocycles. The van der Waals surface area contributed by atoms with Gasteiger partial charge in [0, 0.05) is 5.56 Å². The molecule has 0 saturated carbocycles. The van der Waals surface area contributed by atoms with Gasteiger partial charge in [-0.25, -0.2) is 0 Å². The largest absolute Gasteiger partial charge is 0.872 e. The molecule has 0 atom stereocenters. The number of ketones is 1. The van der Waals surface area contributed by atoms with Crippen molar-refractivity contribution in [1.29, 1.82) is 0 Å². The van der Waals surface area contributed by atoms with Gasteiger partial charge in [0.25, 0.3) is 0 Å². The number of allylic oxidation sites excluding steroid dienone is 1. The molecule has 8 nitrogen and oxygen atoms in total. The number of hydrogen-bond donors (Lipinski definition) is 0. The molecule has 0 aromatic heterocycles. The van der Waals surface area contributed by atoms with Crippen molar-refractivity contribution in [3.05, 3.63) is 41.5 Å². The van der Waals surface area contributed by atoms with Crippen molar-refractivity contribution in [3.8, 4) is 34.5 Å². The van der Waals surface area contributed by atoms with Crippen molar-refractivity contribution in [2.45, 2.75) is 273 Å². The predicted octanol–water partition coefficient (Wildman–Crippen LogP) is 18.7. The Morgan fingerprint density at radius 1 is 0.324 bits per heavy atom. The molecular weight excluding hydrogens is 885 g/mol. The lowest BCUT2D eigenvalue weighted by atomic mass is 10.1. The summed E-state index contributed by atoms with van der Waals surface area (Å²) < 4.78 is 39.1. The normalized spacial score (nSPS) is 11.5. The molecule has 71 heavy (non-hydrogen) atoms. The van der Waals surface area contributed by atoms with E-state index in [1.165, 1.54) is 160 Å². The zero-order chi connectivity index (χ0) is 51.3. The molecular formula is C63H107O8-. The first-order valence-corrected chi connectivity index (χ1v) is 30.0. The van der Waals surface area contributed by atoms with Crippen molar-refractivity contribution in [1.82, 2.24) is 0 Å². The maximum atomic E-state index is 14.4. The van der Waals surface area contributed by atoms with Crippen LogP contribution in [0.25, 0.3) is 5.76 Å². The van der Waals surface area contributed by atoms with E-state index in [9.17, 15) is 9.90 Å². The topological polar surface area (TPSA) is 95.5 Å². The Morgan fingerprint density at radius 3 is 0.789 bits per heavy atom. The smallest absolute Gasteiger partial charge is 0.203 e. The molecule has 0 N–H and O–H groups in total. The summed E-state index contributed by atoms with van der Waals surface area (Å²) >= 11 is 0. The molecule has 2 aromatic carbocycles. The zero-order valence-electron chi connectivity index (χ0n) is 46.9. The molecule has 2 aromatic rings. The maximum Gasteiger partial charge on any atom is 0.203 e. The third-order valence-corrected chi connectivity index (χ3v) is 13.4. The number of unbranched alkanes of at least 4 members (excludes halogenated alkanes) is 30. The summed E-state index contributed by atoms with van der Waals surface area (Å²) in [6.45, 7) is 16.5. The lowest BCUT2D eigenvalue weighted by Gasteiger charge is -2.21. The minimum atomic E-state index is -0.418. The van der Waals surface area contributed by atoms with Crippen LogP contribution < -0.4 is 33.5 Å². The van der Waals surface area contributed by atoms with Gasteiger partial charge in [-0.15, -0.1) is 0 Å². The highest BCUT2D eigenvalue weighted by Gasteiger charge is 2.20. The number of hydrogen-bond acceptors (Lipinski definition) is 8. The summed E-state index contributed by atoms with van der Waals surface area (Å²) in [6, 6.07) is 7.00.